The highest BCUT2D eigenvalue weighted by Crippen LogP contribution is 2.50. The number of piperidine rings is 1. The number of nitrogens with zero attached hydrogens (tertiary/aromatic N) is 1. The summed E-state index contributed by atoms with van der Waals surface area (Å²) in [4.78, 5) is 2.58. The van der Waals surface area contributed by atoms with Crippen LogP contribution >= 0.6 is 0 Å². The molecule has 1 heterocycles. The normalized spacial score (nSPS) is 35.8. The lowest BCUT2D eigenvalue weighted by atomic mass is 9.68. The highest BCUT2D eigenvalue weighted by molar-refractivity contribution is 5.29. The molecular formula is C15H21N. The highest BCUT2D eigenvalue weighted by Gasteiger charge is 2.44. The number of likely N-dealkylation sites (tertiary alicyclic amines) is 1. The van der Waals surface area contributed by atoms with Crippen molar-refractivity contribution >= 4 is 0 Å². The minimum Gasteiger partial charge on any atom is -0.304 e. The van der Waals surface area contributed by atoms with Gasteiger partial charge in [0, 0.05) is 5.92 Å². The van der Waals surface area contributed by atoms with Gasteiger partial charge in [-0.2, -0.15) is 0 Å². The van der Waals surface area contributed by atoms with Crippen molar-refractivity contribution in [3.8, 4) is 0 Å². The second-order valence-corrected chi connectivity index (χ2v) is 5.40. The summed E-state index contributed by atoms with van der Waals surface area (Å²) in [6, 6.07) is 0. The van der Waals surface area contributed by atoms with Gasteiger partial charge in [-0.1, -0.05) is 43.4 Å². The molecule has 0 N–H and O–H groups in total. The van der Waals surface area contributed by atoms with E-state index in [4.69, 9.17) is 0 Å². The number of fused-ring (bicyclic) bond motifs is 2. The molecule has 2 aliphatic carbocycles. The molecule has 1 heteroatoms. The van der Waals surface area contributed by atoms with Crippen LogP contribution in [-0.2, 0) is 0 Å². The molecule has 0 aromatic rings. The predicted octanol–water partition coefficient (Wildman–Crippen LogP) is 3.02. The van der Waals surface area contributed by atoms with Crippen LogP contribution in [0, 0.1) is 17.3 Å². The van der Waals surface area contributed by atoms with Gasteiger partial charge in [0.1, 0.15) is 0 Å². The quantitative estimate of drug-likeness (QED) is 0.608. The van der Waals surface area contributed by atoms with E-state index < -0.39 is 0 Å². The van der Waals surface area contributed by atoms with E-state index in [9.17, 15) is 0 Å². The molecule has 0 amide bonds. The van der Waals surface area contributed by atoms with E-state index in [1.54, 1.807) is 0 Å². The standard InChI is InChI=1S/C15H21N/c1-2-16-11-9-15(10-12-16)8-7-13-5-3-4-6-14(13)15/h3-8,13-14H,2,9-12H2,1H3. The molecule has 0 radical (unpaired) electrons. The highest BCUT2D eigenvalue weighted by atomic mass is 15.1. The molecule has 86 valence electrons. The topological polar surface area (TPSA) is 3.24 Å². The average Bonchev–Trinajstić information content (AvgIpc) is 2.71. The Labute approximate surface area is 98.5 Å². The van der Waals surface area contributed by atoms with Crippen LogP contribution in [0.4, 0.5) is 0 Å². The fourth-order valence-corrected chi connectivity index (χ4v) is 3.58. The average molecular weight is 215 g/mol. The summed E-state index contributed by atoms with van der Waals surface area (Å²) in [5.41, 5.74) is 0.484. The monoisotopic (exact) mass is 215 g/mol. The molecule has 1 aliphatic heterocycles. The summed E-state index contributed by atoms with van der Waals surface area (Å²) in [5, 5.41) is 0. The summed E-state index contributed by atoms with van der Waals surface area (Å²) < 4.78 is 0. The Morgan fingerprint density at radius 2 is 1.88 bits per heavy atom. The Bertz CT molecular complexity index is 342. The van der Waals surface area contributed by atoms with Crippen molar-refractivity contribution in [2.45, 2.75) is 19.8 Å². The zero-order chi connectivity index (χ0) is 11.0. The fraction of sp³-hybridized carbons (Fsp3) is 0.600. The van der Waals surface area contributed by atoms with E-state index in [0.29, 0.717) is 11.3 Å². The maximum atomic E-state index is 2.58. The largest absolute Gasteiger partial charge is 0.304 e. The van der Waals surface area contributed by atoms with Crippen molar-refractivity contribution in [2.24, 2.45) is 17.3 Å². The number of rotatable bonds is 1. The molecule has 0 aromatic carbocycles. The van der Waals surface area contributed by atoms with E-state index in [1.165, 1.54) is 32.5 Å². The van der Waals surface area contributed by atoms with Gasteiger partial charge in [0.2, 0.25) is 0 Å². The van der Waals surface area contributed by atoms with E-state index in [1.807, 2.05) is 0 Å². The maximum Gasteiger partial charge on any atom is 0.00212 e. The van der Waals surface area contributed by atoms with Crippen molar-refractivity contribution < 1.29 is 0 Å². The molecule has 0 saturated carbocycles. The van der Waals surface area contributed by atoms with Crippen LogP contribution in [0.1, 0.15) is 19.8 Å². The van der Waals surface area contributed by atoms with Crippen molar-refractivity contribution in [3.05, 3.63) is 36.5 Å². The van der Waals surface area contributed by atoms with Gasteiger partial charge in [0.05, 0.1) is 0 Å². The van der Waals surface area contributed by atoms with Crippen LogP contribution in [0.15, 0.2) is 36.5 Å². The Morgan fingerprint density at radius 1 is 1.12 bits per heavy atom. The van der Waals surface area contributed by atoms with Gasteiger partial charge in [0.15, 0.2) is 0 Å². The van der Waals surface area contributed by atoms with Crippen molar-refractivity contribution in [1.29, 1.82) is 0 Å². The third kappa shape index (κ3) is 1.49. The Morgan fingerprint density at radius 3 is 2.62 bits per heavy atom. The molecule has 1 fully saturated rings. The summed E-state index contributed by atoms with van der Waals surface area (Å²) in [7, 11) is 0. The second kappa shape index (κ2) is 3.89. The van der Waals surface area contributed by atoms with Crippen LogP contribution in [0.25, 0.3) is 0 Å². The Balaban J connectivity index is 1.78. The lowest BCUT2D eigenvalue weighted by Crippen LogP contribution is -2.42. The first kappa shape index (κ1) is 10.3. The molecular weight excluding hydrogens is 194 g/mol. The molecule has 0 aromatic heterocycles. The van der Waals surface area contributed by atoms with Gasteiger partial charge >= 0.3 is 0 Å². The predicted molar refractivity (Wildman–Crippen MR) is 68.2 cm³/mol. The van der Waals surface area contributed by atoms with Crippen LogP contribution < -0.4 is 0 Å². The molecule has 3 aliphatic rings. The molecule has 3 rings (SSSR count). The third-order valence-electron chi connectivity index (χ3n) is 4.73. The Hall–Kier alpha value is -0.820. The first-order valence-corrected chi connectivity index (χ1v) is 6.61. The molecule has 1 spiro atoms. The molecule has 16 heavy (non-hydrogen) atoms. The van der Waals surface area contributed by atoms with Crippen LogP contribution in [0.5, 0.6) is 0 Å². The number of hydrogen-bond acceptors (Lipinski definition) is 1. The van der Waals surface area contributed by atoms with E-state index >= 15 is 0 Å². The SMILES string of the molecule is CCN1CCC2(C=CC3C=CC=CC32)CC1. The molecule has 2 unspecified atom stereocenters. The third-order valence-corrected chi connectivity index (χ3v) is 4.73. The van der Waals surface area contributed by atoms with Gasteiger partial charge in [0.25, 0.3) is 0 Å². The second-order valence-electron chi connectivity index (χ2n) is 5.40. The Kier molecular flexibility index (Phi) is 2.51. The minimum atomic E-state index is 0.484. The van der Waals surface area contributed by atoms with Gasteiger partial charge < -0.3 is 4.90 Å². The summed E-state index contributed by atoms with van der Waals surface area (Å²) >= 11 is 0. The molecule has 1 saturated heterocycles. The smallest absolute Gasteiger partial charge is 0.00212 e. The van der Waals surface area contributed by atoms with E-state index in [-0.39, 0.29) is 0 Å². The summed E-state index contributed by atoms with van der Waals surface area (Å²) in [6.07, 6.45) is 16.9. The van der Waals surface area contributed by atoms with Crippen molar-refractivity contribution in [1.82, 2.24) is 4.90 Å². The van der Waals surface area contributed by atoms with E-state index in [0.717, 1.165) is 5.92 Å². The van der Waals surface area contributed by atoms with Gasteiger partial charge in [-0.3, -0.25) is 0 Å². The zero-order valence-corrected chi connectivity index (χ0v) is 10.1. The van der Waals surface area contributed by atoms with Crippen molar-refractivity contribution in [3.63, 3.8) is 0 Å². The number of allylic oxidation sites excluding steroid dienone is 6. The number of hydrogen-bond donors (Lipinski definition) is 0. The first-order valence-electron chi connectivity index (χ1n) is 6.61. The van der Waals surface area contributed by atoms with Crippen LogP contribution in [0.2, 0.25) is 0 Å². The molecule has 1 nitrogen and oxygen atoms in total. The van der Waals surface area contributed by atoms with Gasteiger partial charge in [-0.15, -0.1) is 0 Å². The molecule has 0 bridgehead atoms. The minimum absolute atomic E-state index is 0.484. The summed E-state index contributed by atoms with van der Waals surface area (Å²) in [6.45, 7) is 6.04. The van der Waals surface area contributed by atoms with Gasteiger partial charge in [-0.25, -0.2) is 0 Å². The van der Waals surface area contributed by atoms with Crippen LogP contribution in [0.3, 0.4) is 0 Å². The lowest BCUT2D eigenvalue weighted by Gasteiger charge is -2.43. The molecule has 2 atom stereocenters. The zero-order valence-electron chi connectivity index (χ0n) is 10.1. The van der Waals surface area contributed by atoms with Crippen molar-refractivity contribution in [2.75, 3.05) is 19.6 Å². The summed E-state index contributed by atoms with van der Waals surface area (Å²) in [5.74, 6) is 1.43. The fourth-order valence-electron chi connectivity index (χ4n) is 3.58. The van der Waals surface area contributed by atoms with E-state index in [2.05, 4.69) is 48.3 Å². The lowest BCUT2D eigenvalue weighted by molar-refractivity contribution is 0.111. The van der Waals surface area contributed by atoms with Crippen LogP contribution in [-0.4, -0.2) is 24.5 Å². The first-order chi connectivity index (χ1) is 7.84. The maximum absolute atomic E-state index is 2.58. The van der Waals surface area contributed by atoms with Gasteiger partial charge in [-0.05, 0) is 43.8 Å².